The molecule has 2 rings (SSSR count). The van der Waals surface area contributed by atoms with Gasteiger partial charge in [0.05, 0.1) is 13.5 Å². The van der Waals surface area contributed by atoms with E-state index < -0.39 is 0 Å². The van der Waals surface area contributed by atoms with Crippen LogP contribution in [0.3, 0.4) is 0 Å². The molecule has 1 aromatic heterocycles. The molecule has 1 amide bonds. The minimum atomic E-state index is -0.241. The average molecular weight is 362 g/mol. The summed E-state index contributed by atoms with van der Waals surface area (Å²) in [5.74, 6) is 0.861. The number of nitrogens with zero attached hydrogens (tertiary/aromatic N) is 2. The molecule has 0 atom stereocenters. The summed E-state index contributed by atoms with van der Waals surface area (Å²) in [6.45, 7) is 2.27. The molecule has 0 saturated heterocycles. The predicted octanol–water partition coefficient (Wildman–Crippen LogP) is 1.65. The van der Waals surface area contributed by atoms with Crippen LogP contribution in [-0.2, 0) is 22.5 Å². The van der Waals surface area contributed by atoms with Gasteiger partial charge in [-0.3, -0.25) is 4.79 Å². The largest absolute Gasteiger partial charge is 0.497 e. The second-order valence-electron chi connectivity index (χ2n) is 5.36. The van der Waals surface area contributed by atoms with E-state index in [2.05, 4.69) is 15.5 Å². The van der Waals surface area contributed by atoms with Gasteiger partial charge in [0, 0.05) is 17.6 Å². The van der Waals surface area contributed by atoms with Gasteiger partial charge in [0.25, 0.3) is 5.91 Å². The van der Waals surface area contributed by atoms with Crippen LogP contribution in [0.25, 0.3) is 0 Å². The van der Waals surface area contributed by atoms with Crippen molar-refractivity contribution in [2.24, 2.45) is 10.9 Å². The van der Waals surface area contributed by atoms with E-state index in [1.54, 1.807) is 7.11 Å². The molecule has 0 spiro atoms. The third-order valence-corrected chi connectivity index (χ3v) is 4.24. The monoisotopic (exact) mass is 362 g/mol. The Kier molecular flexibility index (Phi) is 7.21. The number of carbonyl (C=O) groups is 1. The van der Waals surface area contributed by atoms with E-state index in [0.717, 1.165) is 28.4 Å². The number of rotatable bonds is 9. The SMILES string of the molecule is COc1ccc(CCNC(=O)CO/N=C(\N)Cc2nc(C)cs2)cc1. The fourth-order valence-electron chi connectivity index (χ4n) is 2.03. The standard InChI is InChI=1S/C17H22N4O3S/c1-12-11-25-17(20-12)9-15(18)21-24-10-16(22)19-8-7-13-3-5-14(23-2)6-4-13/h3-6,11H,7-10H2,1-2H3,(H2,18,21)(H,19,22). The lowest BCUT2D eigenvalue weighted by atomic mass is 10.1. The number of methoxy groups -OCH3 is 1. The van der Waals surface area contributed by atoms with E-state index >= 15 is 0 Å². The van der Waals surface area contributed by atoms with E-state index in [-0.39, 0.29) is 12.5 Å². The third-order valence-electron chi connectivity index (χ3n) is 3.27. The summed E-state index contributed by atoms with van der Waals surface area (Å²) in [7, 11) is 1.63. The van der Waals surface area contributed by atoms with Gasteiger partial charge in [-0.15, -0.1) is 11.3 Å². The second-order valence-corrected chi connectivity index (χ2v) is 6.31. The number of carbonyl (C=O) groups excluding carboxylic acids is 1. The molecular weight excluding hydrogens is 340 g/mol. The van der Waals surface area contributed by atoms with Gasteiger partial charge in [-0.1, -0.05) is 17.3 Å². The molecule has 25 heavy (non-hydrogen) atoms. The number of oxime groups is 1. The van der Waals surface area contributed by atoms with Crippen molar-refractivity contribution in [1.82, 2.24) is 10.3 Å². The maximum atomic E-state index is 11.7. The molecule has 1 heterocycles. The lowest BCUT2D eigenvalue weighted by molar-refractivity contribution is -0.125. The molecule has 0 aliphatic carbocycles. The van der Waals surface area contributed by atoms with Crippen molar-refractivity contribution in [2.75, 3.05) is 20.3 Å². The number of nitrogens with two attached hydrogens (primary N) is 1. The van der Waals surface area contributed by atoms with E-state index in [0.29, 0.717) is 18.8 Å². The summed E-state index contributed by atoms with van der Waals surface area (Å²) < 4.78 is 5.10. The first-order valence-corrected chi connectivity index (χ1v) is 8.69. The van der Waals surface area contributed by atoms with Crippen LogP contribution in [0.2, 0.25) is 0 Å². The van der Waals surface area contributed by atoms with Crippen LogP contribution in [-0.4, -0.2) is 37.0 Å². The summed E-state index contributed by atoms with van der Waals surface area (Å²) in [5, 5.41) is 9.32. The zero-order chi connectivity index (χ0) is 18.1. The first-order valence-electron chi connectivity index (χ1n) is 7.81. The van der Waals surface area contributed by atoms with Crippen molar-refractivity contribution < 1.29 is 14.4 Å². The molecule has 0 fully saturated rings. The quantitative estimate of drug-likeness (QED) is 0.401. The number of amides is 1. The highest BCUT2D eigenvalue weighted by molar-refractivity contribution is 7.09. The molecular formula is C17H22N4O3S. The molecule has 3 N–H and O–H groups in total. The maximum Gasteiger partial charge on any atom is 0.260 e. The smallest absolute Gasteiger partial charge is 0.260 e. The third kappa shape index (κ3) is 6.80. The molecule has 2 aromatic rings. The van der Waals surface area contributed by atoms with Gasteiger partial charge in [-0.25, -0.2) is 4.98 Å². The van der Waals surface area contributed by atoms with Crippen LogP contribution in [0.4, 0.5) is 0 Å². The second kappa shape index (κ2) is 9.63. The van der Waals surface area contributed by atoms with E-state index in [1.165, 1.54) is 11.3 Å². The maximum absolute atomic E-state index is 11.7. The zero-order valence-electron chi connectivity index (χ0n) is 14.3. The molecule has 1 aromatic carbocycles. The summed E-state index contributed by atoms with van der Waals surface area (Å²) in [4.78, 5) is 21.0. The number of thiazole rings is 1. The Hall–Kier alpha value is -2.61. The van der Waals surface area contributed by atoms with Crippen LogP contribution < -0.4 is 15.8 Å². The van der Waals surface area contributed by atoms with Crippen molar-refractivity contribution in [1.29, 1.82) is 0 Å². The van der Waals surface area contributed by atoms with Gasteiger partial charge in [0.2, 0.25) is 0 Å². The van der Waals surface area contributed by atoms with Crippen molar-refractivity contribution in [3.63, 3.8) is 0 Å². The Balaban J connectivity index is 1.63. The highest BCUT2D eigenvalue weighted by atomic mass is 32.1. The van der Waals surface area contributed by atoms with E-state index in [9.17, 15) is 4.79 Å². The summed E-state index contributed by atoms with van der Waals surface area (Å²) in [6.07, 6.45) is 1.14. The van der Waals surface area contributed by atoms with Crippen molar-refractivity contribution in [3.05, 3.63) is 45.9 Å². The summed E-state index contributed by atoms with van der Waals surface area (Å²) in [5.41, 5.74) is 7.81. The normalized spacial score (nSPS) is 11.2. The molecule has 0 aliphatic heterocycles. The number of ether oxygens (including phenoxy) is 1. The van der Waals surface area contributed by atoms with Gasteiger partial charge < -0.3 is 20.6 Å². The van der Waals surface area contributed by atoms with E-state index in [1.807, 2.05) is 36.6 Å². The molecule has 0 radical (unpaired) electrons. The number of hydrogen-bond acceptors (Lipinski definition) is 6. The molecule has 8 heteroatoms. The number of benzene rings is 1. The number of aromatic nitrogens is 1. The Bertz CT molecular complexity index is 713. The predicted molar refractivity (Wildman–Crippen MR) is 97.8 cm³/mol. The van der Waals surface area contributed by atoms with Gasteiger partial charge in [0.1, 0.15) is 16.6 Å². The van der Waals surface area contributed by atoms with Crippen molar-refractivity contribution in [3.8, 4) is 5.75 Å². The minimum Gasteiger partial charge on any atom is -0.497 e. The molecule has 0 bridgehead atoms. The van der Waals surface area contributed by atoms with Crippen LogP contribution in [0.1, 0.15) is 16.3 Å². The molecule has 0 unspecified atom stereocenters. The Morgan fingerprint density at radius 3 is 2.76 bits per heavy atom. The molecule has 0 saturated carbocycles. The van der Waals surface area contributed by atoms with Gasteiger partial charge in [-0.05, 0) is 31.0 Å². The fourth-order valence-corrected chi connectivity index (χ4v) is 2.82. The Morgan fingerprint density at radius 1 is 1.36 bits per heavy atom. The van der Waals surface area contributed by atoms with Gasteiger partial charge in [0.15, 0.2) is 6.61 Å². The molecule has 134 valence electrons. The molecule has 7 nitrogen and oxygen atoms in total. The first-order chi connectivity index (χ1) is 12.1. The van der Waals surface area contributed by atoms with Crippen molar-refractivity contribution in [2.45, 2.75) is 19.8 Å². The number of aryl methyl sites for hydroxylation is 1. The lowest BCUT2D eigenvalue weighted by Crippen LogP contribution is -2.29. The van der Waals surface area contributed by atoms with E-state index in [4.69, 9.17) is 15.3 Å². The number of hydrogen-bond donors (Lipinski definition) is 2. The van der Waals surface area contributed by atoms with Crippen molar-refractivity contribution >= 4 is 23.1 Å². The topological polar surface area (TPSA) is 98.8 Å². The average Bonchev–Trinajstić information content (AvgIpc) is 3.00. The Morgan fingerprint density at radius 2 is 2.12 bits per heavy atom. The van der Waals surface area contributed by atoms with Gasteiger partial charge in [-0.2, -0.15) is 0 Å². The number of amidine groups is 1. The zero-order valence-corrected chi connectivity index (χ0v) is 15.1. The van der Waals surface area contributed by atoms with Gasteiger partial charge >= 0.3 is 0 Å². The first kappa shape index (κ1) is 18.7. The highest BCUT2D eigenvalue weighted by Gasteiger charge is 2.04. The van der Waals surface area contributed by atoms with Crippen LogP contribution in [0, 0.1) is 6.92 Å². The van der Waals surface area contributed by atoms with Crippen LogP contribution in [0.5, 0.6) is 5.75 Å². The van der Waals surface area contributed by atoms with Crippen LogP contribution in [0.15, 0.2) is 34.8 Å². The minimum absolute atomic E-state index is 0.166. The Labute approximate surface area is 150 Å². The lowest BCUT2D eigenvalue weighted by Gasteiger charge is -2.06. The summed E-state index contributed by atoms with van der Waals surface area (Å²) in [6, 6.07) is 7.71. The summed E-state index contributed by atoms with van der Waals surface area (Å²) >= 11 is 1.51. The highest BCUT2D eigenvalue weighted by Crippen LogP contribution is 2.11. The fraction of sp³-hybridized carbons (Fsp3) is 0.353. The van der Waals surface area contributed by atoms with Crippen LogP contribution >= 0.6 is 11.3 Å². The number of nitrogens with one attached hydrogen (secondary N) is 1. The molecule has 0 aliphatic rings.